The Hall–Kier alpha value is -0.980. The molecule has 1 heteroatoms. The van der Waals surface area contributed by atoms with Crippen LogP contribution in [0.5, 0.6) is 0 Å². The summed E-state index contributed by atoms with van der Waals surface area (Å²) in [5.74, 6) is 0. The van der Waals surface area contributed by atoms with Crippen LogP contribution in [0, 0.1) is 6.92 Å². The zero-order chi connectivity index (χ0) is 9.68. The van der Waals surface area contributed by atoms with Gasteiger partial charge in [0.05, 0.1) is 0 Å². The fourth-order valence-corrected chi connectivity index (χ4v) is 1.53. The molecule has 0 amide bonds. The highest BCUT2D eigenvalue weighted by atomic mass is 14.9. The van der Waals surface area contributed by atoms with Crippen LogP contribution in [0.1, 0.15) is 31.4 Å². The fraction of sp³-hybridized carbons (Fsp3) is 0.500. The molecule has 0 spiro atoms. The molecule has 1 nitrogen and oxygen atoms in total. The Morgan fingerprint density at radius 3 is 2.62 bits per heavy atom. The Balaban J connectivity index is 2.89. The summed E-state index contributed by atoms with van der Waals surface area (Å²) in [6, 6.07) is 6.65. The quantitative estimate of drug-likeness (QED) is 0.743. The van der Waals surface area contributed by atoms with Crippen molar-refractivity contribution in [3.63, 3.8) is 0 Å². The van der Waals surface area contributed by atoms with Gasteiger partial charge in [0.25, 0.3) is 0 Å². The number of rotatable bonds is 4. The van der Waals surface area contributed by atoms with E-state index in [1.165, 1.54) is 29.7 Å². The summed E-state index contributed by atoms with van der Waals surface area (Å²) < 4.78 is 0. The van der Waals surface area contributed by atoms with Gasteiger partial charge in [0, 0.05) is 12.2 Å². The van der Waals surface area contributed by atoms with Gasteiger partial charge in [-0.2, -0.15) is 0 Å². The molecule has 1 aromatic carbocycles. The first-order chi connectivity index (χ1) is 6.27. The standard InChI is InChI=1S/C12H19N/c1-4-6-11-8-7-10(3)9-12(11)13-5-2/h7-9,13H,4-6H2,1-3H3. The first-order valence-electron chi connectivity index (χ1n) is 5.11. The molecule has 72 valence electrons. The predicted molar refractivity (Wildman–Crippen MR) is 59.3 cm³/mol. The smallest absolute Gasteiger partial charge is 0.0375 e. The van der Waals surface area contributed by atoms with Crippen molar-refractivity contribution in [2.24, 2.45) is 0 Å². The average molecular weight is 177 g/mol. The predicted octanol–water partition coefficient (Wildman–Crippen LogP) is 3.38. The van der Waals surface area contributed by atoms with Crippen molar-refractivity contribution < 1.29 is 0 Å². The number of anilines is 1. The maximum Gasteiger partial charge on any atom is 0.0375 e. The Morgan fingerprint density at radius 2 is 2.00 bits per heavy atom. The van der Waals surface area contributed by atoms with E-state index in [1.54, 1.807) is 0 Å². The third-order valence-electron chi connectivity index (χ3n) is 2.15. The Bertz CT molecular complexity index is 266. The van der Waals surface area contributed by atoms with Gasteiger partial charge < -0.3 is 5.32 Å². The Morgan fingerprint density at radius 1 is 1.23 bits per heavy atom. The highest BCUT2D eigenvalue weighted by Gasteiger charge is 1.99. The number of benzene rings is 1. The third-order valence-corrected chi connectivity index (χ3v) is 2.15. The molecule has 0 radical (unpaired) electrons. The summed E-state index contributed by atoms with van der Waals surface area (Å²) in [5, 5.41) is 3.40. The minimum absolute atomic E-state index is 1.00. The second-order valence-electron chi connectivity index (χ2n) is 3.44. The van der Waals surface area contributed by atoms with Crippen molar-refractivity contribution >= 4 is 5.69 Å². The van der Waals surface area contributed by atoms with E-state index in [0.717, 1.165) is 6.54 Å². The lowest BCUT2D eigenvalue weighted by Gasteiger charge is -2.10. The first kappa shape index (κ1) is 10.1. The summed E-state index contributed by atoms with van der Waals surface area (Å²) in [5.41, 5.74) is 4.08. The lowest BCUT2D eigenvalue weighted by Crippen LogP contribution is -2.01. The first-order valence-corrected chi connectivity index (χ1v) is 5.11. The average Bonchev–Trinajstić information content (AvgIpc) is 2.10. The molecule has 0 aromatic heterocycles. The molecule has 0 fully saturated rings. The fourth-order valence-electron chi connectivity index (χ4n) is 1.53. The summed E-state index contributed by atoms with van der Waals surface area (Å²) in [4.78, 5) is 0. The van der Waals surface area contributed by atoms with Gasteiger partial charge in [-0.05, 0) is 37.5 Å². The second kappa shape index (κ2) is 4.90. The van der Waals surface area contributed by atoms with Gasteiger partial charge in [-0.1, -0.05) is 25.5 Å². The minimum atomic E-state index is 1.00. The number of hydrogen-bond acceptors (Lipinski definition) is 1. The van der Waals surface area contributed by atoms with E-state index >= 15 is 0 Å². The van der Waals surface area contributed by atoms with Crippen molar-refractivity contribution in [2.75, 3.05) is 11.9 Å². The number of nitrogens with one attached hydrogen (secondary N) is 1. The molecular formula is C12H19N. The van der Waals surface area contributed by atoms with Crippen LogP contribution in [0.15, 0.2) is 18.2 Å². The van der Waals surface area contributed by atoms with Gasteiger partial charge in [0.1, 0.15) is 0 Å². The lowest BCUT2D eigenvalue weighted by molar-refractivity contribution is 0.920. The lowest BCUT2D eigenvalue weighted by atomic mass is 10.1. The molecule has 0 unspecified atom stereocenters. The Kier molecular flexibility index (Phi) is 3.81. The summed E-state index contributed by atoms with van der Waals surface area (Å²) in [6.45, 7) is 7.49. The van der Waals surface area contributed by atoms with Gasteiger partial charge in [-0.3, -0.25) is 0 Å². The van der Waals surface area contributed by atoms with Crippen LogP contribution in [-0.4, -0.2) is 6.54 Å². The van der Waals surface area contributed by atoms with Gasteiger partial charge in [0.2, 0.25) is 0 Å². The molecule has 0 atom stereocenters. The van der Waals surface area contributed by atoms with Crippen LogP contribution in [0.2, 0.25) is 0 Å². The van der Waals surface area contributed by atoms with Crippen LogP contribution in [0.3, 0.4) is 0 Å². The van der Waals surface area contributed by atoms with Crippen molar-refractivity contribution in [1.82, 2.24) is 0 Å². The van der Waals surface area contributed by atoms with E-state index in [-0.39, 0.29) is 0 Å². The van der Waals surface area contributed by atoms with E-state index in [4.69, 9.17) is 0 Å². The van der Waals surface area contributed by atoms with E-state index in [1.807, 2.05) is 0 Å². The van der Waals surface area contributed by atoms with Crippen LogP contribution in [0.25, 0.3) is 0 Å². The van der Waals surface area contributed by atoms with Crippen LogP contribution < -0.4 is 5.32 Å². The van der Waals surface area contributed by atoms with Crippen molar-refractivity contribution in [1.29, 1.82) is 0 Å². The van der Waals surface area contributed by atoms with Crippen molar-refractivity contribution in [3.8, 4) is 0 Å². The molecule has 0 bridgehead atoms. The topological polar surface area (TPSA) is 12.0 Å². The van der Waals surface area contributed by atoms with Gasteiger partial charge >= 0.3 is 0 Å². The number of hydrogen-bond donors (Lipinski definition) is 1. The molecule has 0 heterocycles. The summed E-state index contributed by atoms with van der Waals surface area (Å²) in [7, 11) is 0. The maximum atomic E-state index is 3.40. The monoisotopic (exact) mass is 177 g/mol. The third kappa shape index (κ3) is 2.76. The highest BCUT2D eigenvalue weighted by Crippen LogP contribution is 2.18. The molecule has 1 rings (SSSR count). The SMILES string of the molecule is CCCc1ccc(C)cc1NCC. The van der Waals surface area contributed by atoms with Crippen molar-refractivity contribution in [3.05, 3.63) is 29.3 Å². The number of aryl methyl sites for hydroxylation is 2. The molecule has 1 aromatic rings. The van der Waals surface area contributed by atoms with Gasteiger partial charge in [0.15, 0.2) is 0 Å². The van der Waals surface area contributed by atoms with Crippen LogP contribution >= 0.6 is 0 Å². The summed E-state index contributed by atoms with van der Waals surface area (Å²) >= 11 is 0. The molecule has 0 aliphatic carbocycles. The molecule has 1 N–H and O–H groups in total. The van der Waals surface area contributed by atoms with Gasteiger partial charge in [-0.25, -0.2) is 0 Å². The molecule has 0 saturated carbocycles. The zero-order valence-electron chi connectivity index (χ0n) is 8.85. The molecular weight excluding hydrogens is 158 g/mol. The van der Waals surface area contributed by atoms with Crippen molar-refractivity contribution in [2.45, 2.75) is 33.6 Å². The summed E-state index contributed by atoms with van der Waals surface area (Å²) in [6.07, 6.45) is 2.38. The van der Waals surface area contributed by atoms with E-state index in [9.17, 15) is 0 Å². The van der Waals surface area contributed by atoms with E-state index in [2.05, 4.69) is 44.3 Å². The molecule has 0 aliphatic rings. The highest BCUT2D eigenvalue weighted by molar-refractivity contribution is 5.53. The molecule has 0 aliphatic heterocycles. The maximum absolute atomic E-state index is 3.40. The molecule has 0 saturated heterocycles. The zero-order valence-corrected chi connectivity index (χ0v) is 8.85. The normalized spacial score (nSPS) is 10.1. The van der Waals surface area contributed by atoms with Gasteiger partial charge in [-0.15, -0.1) is 0 Å². The minimum Gasteiger partial charge on any atom is -0.385 e. The Labute approximate surface area is 81.2 Å². The second-order valence-corrected chi connectivity index (χ2v) is 3.44. The molecule has 13 heavy (non-hydrogen) atoms. The van der Waals surface area contributed by atoms with E-state index < -0.39 is 0 Å². The largest absolute Gasteiger partial charge is 0.385 e. The van der Waals surface area contributed by atoms with Crippen LogP contribution in [0.4, 0.5) is 5.69 Å². The van der Waals surface area contributed by atoms with E-state index in [0.29, 0.717) is 0 Å². The van der Waals surface area contributed by atoms with Crippen LogP contribution in [-0.2, 0) is 6.42 Å².